The summed E-state index contributed by atoms with van der Waals surface area (Å²) in [6, 6.07) is 14.6. The Hall–Kier alpha value is -2.37. The lowest BCUT2D eigenvalue weighted by molar-refractivity contribution is 0.592. The van der Waals surface area contributed by atoms with Gasteiger partial charge in [-0.2, -0.15) is 0 Å². The van der Waals surface area contributed by atoms with Crippen molar-refractivity contribution in [2.24, 2.45) is 0 Å². The minimum absolute atomic E-state index is 0.221. The Kier molecular flexibility index (Phi) is 4.21. The summed E-state index contributed by atoms with van der Waals surface area (Å²) in [6.45, 7) is 2.29. The molecule has 0 radical (unpaired) electrons. The van der Waals surface area contributed by atoms with Crippen LogP contribution in [0.3, 0.4) is 0 Å². The molecular weight excluding hydrogens is 368 g/mol. The van der Waals surface area contributed by atoms with E-state index in [1.54, 1.807) is 24.5 Å². The van der Waals surface area contributed by atoms with Gasteiger partial charge in [-0.15, -0.1) is 0 Å². The second-order valence-electron chi connectivity index (χ2n) is 6.32. The normalized spacial score (nSPS) is 13.7. The van der Waals surface area contributed by atoms with Crippen molar-refractivity contribution in [2.45, 2.75) is 18.2 Å². The molecule has 0 fully saturated rings. The van der Waals surface area contributed by atoms with Crippen molar-refractivity contribution in [3.63, 3.8) is 0 Å². The maximum absolute atomic E-state index is 13.1. The van der Waals surface area contributed by atoms with E-state index in [0.29, 0.717) is 18.0 Å². The van der Waals surface area contributed by atoms with Gasteiger partial charge < -0.3 is 0 Å². The molecule has 0 amide bonds. The monoisotopic (exact) mass is 384 g/mol. The quantitative estimate of drug-likeness (QED) is 0.669. The third kappa shape index (κ3) is 2.87. The predicted molar refractivity (Wildman–Crippen MR) is 104 cm³/mol. The van der Waals surface area contributed by atoms with Crippen LogP contribution in [0.2, 0.25) is 5.02 Å². The van der Waals surface area contributed by atoms with E-state index in [2.05, 4.69) is 11.1 Å². The molecule has 0 saturated carbocycles. The molecule has 0 atom stereocenters. The number of nitrogens with zero attached hydrogens (tertiary/aromatic N) is 2. The number of benzene rings is 2. The Bertz CT molecular complexity index is 1080. The number of halogens is 1. The second kappa shape index (κ2) is 6.41. The summed E-state index contributed by atoms with van der Waals surface area (Å²) >= 11 is 6.13. The summed E-state index contributed by atoms with van der Waals surface area (Å²) in [5.74, 6) is 0. The molecule has 2 aromatic carbocycles. The van der Waals surface area contributed by atoms with Gasteiger partial charge in [0.05, 0.1) is 10.6 Å². The Morgan fingerprint density at radius 1 is 1.00 bits per heavy atom. The van der Waals surface area contributed by atoms with Crippen LogP contribution in [0.25, 0.3) is 11.1 Å². The van der Waals surface area contributed by atoms with Crippen LogP contribution in [-0.2, 0) is 16.4 Å². The average molecular weight is 385 g/mol. The van der Waals surface area contributed by atoms with Gasteiger partial charge in [0.2, 0.25) is 0 Å². The lowest BCUT2D eigenvalue weighted by Gasteiger charge is -2.20. The summed E-state index contributed by atoms with van der Waals surface area (Å²) in [5, 5.41) is 0.457. The van der Waals surface area contributed by atoms with Gasteiger partial charge in [-0.25, -0.2) is 8.42 Å². The van der Waals surface area contributed by atoms with Crippen LogP contribution in [0.15, 0.2) is 65.8 Å². The van der Waals surface area contributed by atoms with Gasteiger partial charge in [-0.3, -0.25) is 9.29 Å². The SMILES string of the molecule is Cc1ccc(S(=O)(=O)N2CCc3cc(-c4ccncc4)ccc32)cc1Cl. The minimum Gasteiger partial charge on any atom is -0.266 e. The van der Waals surface area contributed by atoms with Crippen molar-refractivity contribution in [3.8, 4) is 11.1 Å². The summed E-state index contributed by atoms with van der Waals surface area (Å²) in [7, 11) is -3.63. The van der Waals surface area contributed by atoms with Gasteiger partial charge in [-0.1, -0.05) is 23.7 Å². The minimum atomic E-state index is -3.63. The topological polar surface area (TPSA) is 50.3 Å². The Balaban J connectivity index is 1.72. The van der Waals surface area contributed by atoms with Crippen molar-refractivity contribution < 1.29 is 8.42 Å². The maximum atomic E-state index is 13.1. The average Bonchev–Trinajstić information content (AvgIpc) is 3.08. The van der Waals surface area contributed by atoms with Crippen molar-refractivity contribution in [1.82, 2.24) is 4.98 Å². The molecule has 26 heavy (non-hydrogen) atoms. The maximum Gasteiger partial charge on any atom is 0.264 e. The van der Waals surface area contributed by atoms with Crippen molar-refractivity contribution in [2.75, 3.05) is 10.8 Å². The number of hydrogen-bond acceptors (Lipinski definition) is 3. The Morgan fingerprint density at radius 2 is 1.77 bits per heavy atom. The largest absolute Gasteiger partial charge is 0.266 e. The summed E-state index contributed by atoms with van der Waals surface area (Å²) in [4.78, 5) is 4.26. The molecule has 0 bridgehead atoms. The molecule has 4 rings (SSSR count). The zero-order chi connectivity index (χ0) is 18.3. The van der Waals surface area contributed by atoms with Crippen LogP contribution in [0, 0.1) is 6.92 Å². The fraction of sp³-hybridized carbons (Fsp3) is 0.150. The zero-order valence-electron chi connectivity index (χ0n) is 14.2. The molecule has 132 valence electrons. The van der Waals surface area contributed by atoms with E-state index in [1.807, 2.05) is 31.2 Å². The lowest BCUT2D eigenvalue weighted by atomic mass is 10.0. The van der Waals surface area contributed by atoms with Crippen molar-refractivity contribution in [3.05, 3.63) is 77.1 Å². The van der Waals surface area contributed by atoms with Gasteiger partial charge in [0.25, 0.3) is 10.0 Å². The first-order valence-electron chi connectivity index (χ1n) is 8.29. The van der Waals surface area contributed by atoms with E-state index >= 15 is 0 Å². The molecule has 0 saturated heterocycles. The van der Waals surface area contributed by atoms with Crippen molar-refractivity contribution in [1.29, 1.82) is 0 Å². The van der Waals surface area contributed by atoms with E-state index < -0.39 is 10.0 Å². The van der Waals surface area contributed by atoms with Crippen LogP contribution in [0.5, 0.6) is 0 Å². The highest BCUT2D eigenvalue weighted by Crippen LogP contribution is 2.36. The van der Waals surface area contributed by atoms with E-state index in [4.69, 9.17) is 11.6 Å². The summed E-state index contributed by atoms with van der Waals surface area (Å²) in [5.41, 5.74) is 4.74. The van der Waals surface area contributed by atoms with Crippen LogP contribution >= 0.6 is 11.6 Å². The Morgan fingerprint density at radius 3 is 2.50 bits per heavy atom. The Labute approximate surface area is 158 Å². The first kappa shape index (κ1) is 17.1. The first-order valence-corrected chi connectivity index (χ1v) is 10.1. The molecule has 0 N–H and O–H groups in total. The second-order valence-corrected chi connectivity index (χ2v) is 8.59. The van der Waals surface area contributed by atoms with Gasteiger partial charge in [0.15, 0.2) is 0 Å². The standard InChI is InChI=1S/C20H17ClN2O2S/c1-14-2-4-18(13-19(14)21)26(24,25)23-11-8-17-12-16(3-5-20(17)23)15-6-9-22-10-7-15/h2-7,9-10,12-13H,8,11H2,1H3. The third-order valence-corrected chi connectivity index (χ3v) is 6.89. The number of rotatable bonds is 3. The number of sulfonamides is 1. The molecular formula is C20H17ClN2O2S. The molecule has 2 heterocycles. The molecule has 1 aromatic heterocycles. The van der Waals surface area contributed by atoms with E-state index in [9.17, 15) is 8.42 Å². The van der Waals surface area contributed by atoms with Crippen LogP contribution in [0.1, 0.15) is 11.1 Å². The smallest absolute Gasteiger partial charge is 0.264 e. The number of pyridine rings is 1. The molecule has 1 aliphatic heterocycles. The van der Waals surface area contributed by atoms with Crippen molar-refractivity contribution >= 4 is 27.3 Å². The van der Waals surface area contributed by atoms with Crippen LogP contribution in [-0.4, -0.2) is 19.9 Å². The summed E-state index contributed by atoms with van der Waals surface area (Å²) < 4.78 is 27.6. The third-order valence-electron chi connectivity index (χ3n) is 4.68. The molecule has 0 aliphatic carbocycles. The van der Waals surface area contributed by atoms with E-state index in [-0.39, 0.29) is 4.90 Å². The molecule has 4 nitrogen and oxygen atoms in total. The van der Waals surface area contributed by atoms with E-state index in [1.165, 1.54) is 10.4 Å². The predicted octanol–water partition coefficient (Wildman–Crippen LogP) is 4.46. The number of hydrogen-bond donors (Lipinski definition) is 0. The van der Waals surface area contributed by atoms with Crippen LogP contribution in [0.4, 0.5) is 5.69 Å². The summed E-state index contributed by atoms with van der Waals surface area (Å²) in [6.07, 6.45) is 4.19. The highest BCUT2D eigenvalue weighted by atomic mass is 35.5. The van der Waals surface area contributed by atoms with Gasteiger partial charge >= 0.3 is 0 Å². The first-order chi connectivity index (χ1) is 12.5. The van der Waals surface area contributed by atoms with Gasteiger partial charge in [0, 0.05) is 24.0 Å². The van der Waals surface area contributed by atoms with Crippen LogP contribution < -0.4 is 4.31 Å². The highest BCUT2D eigenvalue weighted by molar-refractivity contribution is 7.92. The number of anilines is 1. The van der Waals surface area contributed by atoms with Gasteiger partial charge in [0.1, 0.15) is 0 Å². The molecule has 6 heteroatoms. The molecule has 3 aromatic rings. The molecule has 1 aliphatic rings. The van der Waals surface area contributed by atoms with Gasteiger partial charge in [-0.05, 0) is 72.0 Å². The molecule has 0 unspecified atom stereocenters. The van der Waals surface area contributed by atoms with E-state index in [0.717, 1.165) is 27.9 Å². The fourth-order valence-corrected chi connectivity index (χ4v) is 4.98. The number of aryl methyl sites for hydroxylation is 1. The number of fused-ring (bicyclic) bond motifs is 1. The molecule has 0 spiro atoms. The zero-order valence-corrected chi connectivity index (χ0v) is 15.8. The fourth-order valence-electron chi connectivity index (χ4n) is 3.21. The number of aromatic nitrogens is 1. The lowest BCUT2D eigenvalue weighted by Crippen LogP contribution is -2.29. The highest BCUT2D eigenvalue weighted by Gasteiger charge is 2.31.